The lowest BCUT2D eigenvalue weighted by atomic mass is 10.2. The Labute approximate surface area is 133 Å². The predicted octanol–water partition coefficient (Wildman–Crippen LogP) is 4.79. The molecule has 20 heavy (non-hydrogen) atoms. The van der Waals surface area contributed by atoms with Crippen molar-refractivity contribution < 1.29 is 4.74 Å². The van der Waals surface area contributed by atoms with Crippen molar-refractivity contribution in [2.24, 2.45) is 0 Å². The summed E-state index contributed by atoms with van der Waals surface area (Å²) >= 11 is 9.76. The van der Waals surface area contributed by atoms with Gasteiger partial charge in [-0.2, -0.15) is 0 Å². The summed E-state index contributed by atoms with van der Waals surface area (Å²) in [5, 5.41) is 3.92. The maximum atomic E-state index is 6.25. The summed E-state index contributed by atoms with van der Waals surface area (Å²) in [7, 11) is 0. The SMILES string of the molecule is CCNCc1ccc(OCc2ccccc2Br)c(Cl)c1. The fraction of sp³-hybridized carbons (Fsp3) is 0.250. The molecule has 0 aliphatic heterocycles. The maximum Gasteiger partial charge on any atom is 0.138 e. The Morgan fingerprint density at radius 2 is 2.00 bits per heavy atom. The Hall–Kier alpha value is -1.03. The van der Waals surface area contributed by atoms with E-state index in [1.807, 2.05) is 42.5 Å². The van der Waals surface area contributed by atoms with E-state index in [0.29, 0.717) is 17.4 Å². The van der Waals surface area contributed by atoms with E-state index >= 15 is 0 Å². The largest absolute Gasteiger partial charge is 0.487 e. The van der Waals surface area contributed by atoms with Gasteiger partial charge in [-0.3, -0.25) is 0 Å². The van der Waals surface area contributed by atoms with Gasteiger partial charge in [0.05, 0.1) is 5.02 Å². The van der Waals surface area contributed by atoms with E-state index in [0.717, 1.165) is 28.7 Å². The molecule has 0 radical (unpaired) electrons. The van der Waals surface area contributed by atoms with Crippen molar-refractivity contribution in [3.8, 4) is 5.75 Å². The summed E-state index contributed by atoms with van der Waals surface area (Å²) in [5.74, 6) is 0.711. The van der Waals surface area contributed by atoms with E-state index in [-0.39, 0.29) is 0 Å². The van der Waals surface area contributed by atoms with E-state index in [9.17, 15) is 0 Å². The zero-order valence-electron chi connectivity index (χ0n) is 11.3. The first-order valence-corrected chi connectivity index (χ1v) is 7.73. The van der Waals surface area contributed by atoms with Gasteiger partial charge in [0, 0.05) is 16.6 Å². The van der Waals surface area contributed by atoms with E-state index in [2.05, 4.69) is 28.2 Å². The van der Waals surface area contributed by atoms with E-state index in [1.165, 1.54) is 0 Å². The van der Waals surface area contributed by atoms with Crippen LogP contribution in [-0.4, -0.2) is 6.54 Å². The highest BCUT2D eigenvalue weighted by Gasteiger charge is 2.05. The highest BCUT2D eigenvalue weighted by molar-refractivity contribution is 9.10. The molecule has 0 atom stereocenters. The zero-order chi connectivity index (χ0) is 14.4. The van der Waals surface area contributed by atoms with Crippen LogP contribution in [0.1, 0.15) is 18.1 Å². The Balaban J connectivity index is 2.01. The van der Waals surface area contributed by atoms with Crippen LogP contribution in [0.3, 0.4) is 0 Å². The minimum Gasteiger partial charge on any atom is -0.487 e. The highest BCUT2D eigenvalue weighted by atomic mass is 79.9. The number of ether oxygens (including phenoxy) is 1. The minimum absolute atomic E-state index is 0.494. The van der Waals surface area contributed by atoms with E-state index in [4.69, 9.17) is 16.3 Å². The van der Waals surface area contributed by atoms with Crippen LogP contribution in [0.15, 0.2) is 46.9 Å². The fourth-order valence-corrected chi connectivity index (χ4v) is 2.47. The molecular weight excluding hydrogens is 338 g/mol. The summed E-state index contributed by atoms with van der Waals surface area (Å²) < 4.78 is 6.82. The minimum atomic E-state index is 0.494. The second-order valence-electron chi connectivity index (χ2n) is 4.43. The van der Waals surface area contributed by atoms with Gasteiger partial charge < -0.3 is 10.1 Å². The number of benzene rings is 2. The standard InChI is InChI=1S/C16H17BrClNO/c1-2-19-10-12-7-8-16(15(18)9-12)20-11-13-5-3-4-6-14(13)17/h3-9,19H,2,10-11H2,1H3. The Morgan fingerprint density at radius 3 is 2.70 bits per heavy atom. The molecule has 2 rings (SSSR count). The lowest BCUT2D eigenvalue weighted by Gasteiger charge is -2.11. The fourth-order valence-electron chi connectivity index (χ4n) is 1.81. The topological polar surface area (TPSA) is 21.3 Å². The first kappa shape index (κ1) is 15.4. The summed E-state index contributed by atoms with van der Waals surface area (Å²) in [6.45, 7) is 4.34. The summed E-state index contributed by atoms with van der Waals surface area (Å²) in [4.78, 5) is 0. The third kappa shape index (κ3) is 4.23. The van der Waals surface area contributed by atoms with E-state index in [1.54, 1.807) is 0 Å². The quantitative estimate of drug-likeness (QED) is 0.805. The molecule has 0 heterocycles. The molecule has 0 unspecified atom stereocenters. The molecular formula is C16H17BrClNO. The van der Waals surface area contributed by atoms with Gasteiger partial charge in [-0.05, 0) is 30.3 Å². The van der Waals surface area contributed by atoms with E-state index < -0.39 is 0 Å². The average Bonchev–Trinajstić information content (AvgIpc) is 2.45. The highest BCUT2D eigenvalue weighted by Crippen LogP contribution is 2.27. The second kappa shape index (κ2) is 7.67. The van der Waals surface area contributed by atoms with Crippen molar-refractivity contribution >= 4 is 27.5 Å². The molecule has 0 bridgehead atoms. The van der Waals surface area contributed by atoms with Gasteiger partial charge in [0.25, 0.3) is 0 Å². The molecule has 0 amide bonds. The van der Waals surface area contributed by atoms with Crippen LogP contribution >= 0.6 is 27.5 Å². The molecule has 4 heteroatoms. The zero-order valence-corrected chi connectivity index (χ0v) is 13.7. The van der Waals surface area contributed by atoms with Crippen molar-refractivity contribution in [1.29, 1.82) is 0 Å². The third-order valence-corrected chi connectivity index (χ3v) is 3.99. The first-order valence-electron chi connectivity index (χ1n) is 6.56. The van der Waals surface area contributed by atoms with Crippen molar-refractivity contribution in [3.63, 3.8) is 0 Å². The molecule has 0 saturated heterocycles. The van der Waals surface area contributed by atoms with Crippen molar-refractivity contribution in [2.45, 2.75) is 20.1 Å². The normalized spacial score (nSPS) is 10.6. The smallest absolute Gasteiger partial charge is 0.138 e. The van der Waals surface area contributed by atoms with Crippen molar-refractivity contribution in [2.75, 3.05) is 6.54 Å². The summed E-state index contributed by atoms with van der Waals surface area (Å²) in [5.41, 5.74) is 2.25. The lowest BCUT2D eigenvalue weighted by molar-refractivity contribution is 0.305. The molecule has 0 aromatic heterocycles. The summed E-state index contributed by atoms with van der Waals surface area (Å²) in [6.07, 6.45) is 0. The molecule has 2 aromatic carbocycles. The molecule has 0 aliphatic rings. The number of rotatable bonds is 6. The van der Waals surface area contributed by atoms with Crippen LogP contribution in [0.4, 0.5) is 0 Å². The first-order chi connectivity index (χ1) is 9.70. The molecule has 2 aromatic rings. The number of hydrogen-bond acceptors (Lipinski definition) is 2. The monoisotopic (exact) mass is 353 g/mol. The van der Waals surface area contributed by atoms with Gasteiger partial charge in [0.1, 0.15) is 12.4 Å². The van der Waals surface area contributed by atoms with Crippen molar-refractivity contribution in [1.82, 2.24) is 5.32 Å². The van der Waals surface area contributed by atoms with Gasteiger partial charge in [0.15, 0.2) is 0 Å². The number of halogens is 2. The van der Waals surface area contributed by atoms with Gasteiger partial charge in [-0.1, -0.05) is 58.7 Å². The Bertz CT molecular complexity index is 574. The Morgan fingerprint density at radius 1 is 1.20 bits per heavy atom. The van der Waals surface area contributed by atoms with Gasteiger partial charge >= 0.3 is 0 Å². The second-order valence-corrected chi connectivity index (χ2v) is 5.69. The molecule has 0 aliphatic carbocycles. The van der Waals surface area contributed by atoms with Crippen LogP contribution in [-0.2, 0) is 13.2 Å². The Kier molecular flexibility index (Phi) is 5.89. The van der Waals surface area contributed by atoms with Crippen LogP contribution in [0.5, 0.6) is 5.75 Å². The predicted molar refractivity (Wildman–Crippen MR) is 87.3 cm³/mol. The molecule has 0 saturated carbocycles. The molecule has 2 nitrogen and oxygen atoms in total. The van der Waals surface area contributed by atoms with Gasteiger partial charge in [0.2, 0.25) is 0 Å². The number of hydrogen-bond donors (Lipinski definition) is 1. The van der Waals surface area contributed by atoms with Crippen molar-refractivity contribution in [3.05, 3.63) is 63.1 Å². The van der Waals surface area contributed by atoms with Crippen LogP contribution in [0, 0.1) is 0 Å². The third-order valence-electron chi connectivity index (χ3n) is 2.92. The van der Waals surface area contributed by atoms with Crippen LogP contribution < -0.4 is 10.1 Å². The molecule has 0 spiro atoms. The molecule has 1 N–H and O–H groups in total. The number of nitrogens with one attached hydrogen (secondary N) is 1. The average molecular weight is 355 g/mol. The summed E-state index contributed by atoms with van der Waals surface area (Å²) in [6, 6.07) is 13.9. The molecule has 106 valence electrons. The van der Waals surface area contributed by atoms with Crippen LogP contribution in [0.25, 0.3) is 0 Å². The molecule has 0 fully saturated rings. The van der Waals surface area contributed by atoms with Crippen LogP contribution in [0.2, 0.25) is 5.02 Å². The lowest BCUT2D eigenvalue weighted by Crippen LogP contribution is -2.11. The maximum absolute atomic E-state index is 6.25. The van der Waals surface area contributed by atoms with Gasteiger partial charge in [-0.15, -0.1) is 0 Å². The van der Waals surface area contributed by atoms with Gasteiger partial charge in [-0.25, -0.2) is 0 Å².